The fourth-order valence-corrected chi connectivity index (χ4v) is 2.54. The maximum Gasteiger partial charge on any atom is 0.495 e. The van der Waals surface area contributed by atoms with E-state index in [1.807, 2.05) is 52.0 Å². The Bertz CT molecular complexity index is 806. The lowest BCUT2D eigenvalue weighted by atomic mass is 9.76. The van der Waals surface area contributed by atoms with Crippen LogP contribution in [0, 0.1) is 0 Å². The van der Waals surface area contributed by atoms with Gasteiger partial charge < -0.3 is 9.31 Å². The average Bonchev–Trinajstić information content (AvgIpc) is 2.83. The third kappa shape index (κ3) is 3.69. The van der Waals surface area contributed by atoms with E-state index in [9.17, 15) is 4.79 Å². The van der Waals surface area contributed by atoms with Gasteiger partial charge in [-0.25, -0.2) is 5.43 Å². The van der Waals surface area contributed by atoms with E-state index >= 15 is 0 Å². The molecule has 0 spiro atoms. The molecule has 6 nitrogen and oxygen atoms in total. The Balaban J connectivity index is 1.75. The molecule has 0 bridgehead atoms. The van der Waals surface area contributed by atoms with Crippen molar-refractivity contribution < 1.29 is 14.1 Å². The normalized spacial score (nSPS) is 18.2. The highest BCUT2D eigenvalue weighted by molar-refractivity contribution is 6.63. The lowest BCUT2D eigenvalue weighted by Crippen LogP contribution is -2.41. The maximum absolute atomic E-state index is 12.0. The average molecular weight is 351 g/mol. The van der Waals surface area contributed by atoms with E-state index in [1.165, 1.54) is 0 Å². The highest BCUT2D eigenvalue weighted by Gasteiger charge is 2.52. The molecule has 0 saturated carbocycles. The van der Waals surface area contributed by atoms with Gasteiger partial charge in [0.25, 0.3) is 5.91 Å². The predicted octanol–water partition coefficient (Wildman–Crippen LogP) is 2.14. The van der Waals surface area contributed by atoms with Crippen molar-refractivity contribution in [3.63, 3.8) is 0 Å². The van der Waals surface area contributed by atoms with Crippen LogP contribution in [-0.2, 0) is 9.31 Å². The standard InChI is InChI=1S/C19H22BN3O3/c1-18(2)19(3,4)26-20(25-18)16-8-6-5-7-15(16)13-22-23-17(24)14-9-11-21-12-10-14/h5-13H,1-4H3,(H,23,24)/b22-13+. The molecule has 1 saturated heterocycles. The first kappa shape index (κ1) is 18.3. The number of nitrogens with one attached hydrogen (secondary N) is 1. The molecule has 0 atom stereocenters. The van der Waals surface area contributed by atoms with Crippen molar-refractivity contribution in [2.24, 2.45) is 5.10 Å². The molecule has 1 fully saturated rings. The van der Waals surface area contributed by atoms with Crippen molar-refractivity contribution in [1.82, 2.24) is 10.4 Å². The third-order valence-corrected chi connectivity index (χ3v) is 4.82. The minimum absolute atomic E-state index is 0.295. The van der Waals surface area contributed by atoms with Crippen LogP contribution in [0.5, 0.6) is 0 Å². The number of benzene rings is 1. The molecule has 2 heterocycles. The summed E-state index contributed by atoms with van der Waals surface area (Å²) in [4.78, 5) is 15.9. The van der Waals surface area contributed by atoms with Crippen molar-refractivity contribution >= 4 is 24.7 Å². The highest BCUT2D eigenvalue weighted by atomic mass is 16.7. The number of hydrazone groups is 1. The van der Waals surface area contributed by atoms with Gasteiger partial charge in [-0.15, -0.1) is 0 Å². The van der Waals surface area contributed by atoms with Gasteiger partial charge in [-0.1, -0.05) is 24.3 Å². The minimum atomic E-state index is -0.487. The molecule has 1 aromatic carbocycles. The zero-order chi connectivity index (χ0) is 18.8. The molecule has 0 aliphatic carbocycles. The van der Waals surface area contributed by atoms with Crippen LogP contribution in [0.1, 0.15) is 43.6 Å². The number of carbonyl (C=O) groups excluding carboxylic acids is 1. The molecule has 2 aromatic rings. The van der Waals surface area contributed by atoms with Crippen molar-refractivity contribution in [2.45, 2.75) is 38.9 Å². The zero-order valence-electron chi connectivity index (χ0n) is 15.4. The highest BCUT2D eigenvalue weighted by Crippen LogP contribution is 2.36. The molecular formula is C19H22BN3O3. The number of pyridine rings is 1. The lowest BCUT2D eigenvalue weighted by molar-refractivity contribution is 0.00578. The van der Waals surface area contributed by atoms with Gasteiger partial charge in [-0.3, -0.25) is 9.78 Å². The Labute approximate surface area is 153 Å². The second-order valence-corrected chi connectivity index (χ2v) is 7.15. The number of nitrogens with zero attached hydrogens (tertiary/aromatic N) is 2. The van der Waals surface area contributed by atoms with Gasteiger partial charge in [0.1, 0.15) is 0 Å². The molecule has 0 unspecified atom stereocenters. The first-order valence-corrected chi connectivity index (χ1v) is 8.48. The predicted molar refractivity (Wildman–Crippen MR) is 101 cm³/mol. The number of aromatic nitrogens is 1. The van der Waals surface area contributed by atoms with Gasteiger partial charge >= 0.3 is 7.12 Å². The van der Waals surface area contributed by atoms with Crippen molar-refractivity contribution in [2.75, 3.05) is 0 Å². The SMILES string of the molecule is CC1(C)OB(c2ccccc2/C=N/NC(=O)c2ccncc2)OC1(C)C. The van der Waals surface area contributed by atoms with E-state index < -0.39 is 18.3 Å². The van der Waals surface area contributed by atoms with E-state index in [1.54, 1.807) is 30.7 Å². The van der Waals surface area contributed by atoms with Gasteiger partial charge in [-0.05, 0) is 50.9 Å². The quantitative estimate of drug-likeness (QED) is 0.520. The summed E-state index contributed by atoms with van der Waals surface area (Å²) in [6.45, 7) is 8.05. The van der Waals surface area contributed by atoms with Crippen LogP contribution in [0.3, 0.4) is 0 Å². The summed E-state index contributed by atoms with van der Waals surface area (Å²) in [6.07, 6.45) is 4.72. The first-order chi connectivity index (χ1) is 12.3. The molecule has 26 heavy (non-hydrogen) atoms. The molecular weight excluding hydrogens is 329 g/mol. The Morgan fingerprint density at radius 2 is 1.69 bits per heavy atom. The summed E-state index contributed by atoms with van der Waals surface area (Å²) in [5.41, 5.74) is 3.87. The largest absolute Gasteiger partial charge is 0.495 e. The molecule has 1 N–H and O–H groups in total. The number of hydrogen-bond donors (Lipinski definition) is 1. The fourth-order valence-electron chi connectivity index (χ4n) is 2.54. The third-order valence-electron chi connectivity index (χ3n) is 4.82. The van der Waals surface area contributed by atoms with Crippen LogP contribution in [-0.4, -0.2) is 35.4 Å². The fraction of sp³-hybridized carbons (Fsp3) is 0.316. The molecule has 1 aliphatic heterocycles. The molecule has 1 aliphatic rings. The van der Waals surface area contributed by atoms with Gasteiger partial charge in [0.15, 0.2) is 0 Å². The first-order valence-electron chi connectivity index (χ1n) is 8.48. The number of hydrogen-bond acceptors (Lipinski definition) is 5. The Morgan fingerprint density at radius 1 is 1.08 bits per heavy atom. The topological polar surface area (TPSA) is 72.8 Å². The van der Waals surface area contributed by atoms with Crippen LogP contribution in [0.4, 0.5) is 0 Å². The van der Waals surface area contributed by atoms with Crippen LogP contribution in [0.15, 0.2) is 53.9 Å². The summed E-state index contributed by atoms with van der Waals surface area (Å²) in [7, 11) is -0.487. The van der Waals surface area contributed by atoms with E-state index in [2.05, 4.69) is 15.5 Å². The molecule has 7 heteroatoms. The Hall–Kier alpha value is -2.51. The second kappa shape index (κ2) is 7.01. The lowest BCUT2D eigenvalue weighted by Gasteiger charge is -2.32. The summed E-state index contributed by atoms with van der Waals surface area (Å²) in [6, 6.07) is 10.9. The second-order valence-electron chi connectivity index (χ2n) is 7.15. The summed E-state index contributed by atoms with van der Waals surface area (Å²) in [5.74, 6) is -0.295. The van der Waals surface area contributed by atoms with E-state index in [0.29, 0.717) is 5.56 Å². The number of amides is 1. The maximum atomic E-state index is 12.0. The Kier molecular flexibility index (Phi) is 4.93. The summed E-state index contributed by atoms with van der Waals surface area (Å²) >= 11 is 0. The molecule has 3 rings (SSSR count). The monoisotopic (exact) mass is 351 g/mol. The molecule has 1 aromatic heterocycles. The Morgan fingerprint density at radius 3 is 2.35 bits per heavy atom. The molecule has 1 amide bonds. The van der Waals surface area contributed by atoms with Gasteiger partial charge in [0.2, 0.25) is 0 Å². The smallest absolute Gasteiger partial charge is 0.399 e. The van der Waals surface area contributed by atoms with Crippen molar-refractivity contribution in [1.29, 1.82) is 0 Å². The van der Waals surface area contributed by atoms with Gasteiger partial charge in [-0.2, -0.15) is 5.10 Å². The van der Waals surface area contributed by atoms with Gasteiger partial charge in [0, 0.05) is 18.0 Å². The van der Waals surface area contributed by atoms with Crippen LogP contribution in [0.25, 0.3) is 0 Å². The molecule has 0 radical (unpaired) electrons. The van der Waals surface area contributed by atoms with Crippen LogP contribution in [0.2, 0.25) is 0 Å². The number of carbonyl (C=O) groups is 1. The summed E-state index contributed by atoms with van der Waals surface area (Å²) < 4.78 is 12.2. The van der Waals surface area contributed by atoms with E-state index in [4.69, 9.17) is 9.31 Å². The van der Waals surface area contributed by atoms with E-state index in [0.717, 1.165) is 11.0 Å². The van der Waals surface area contributed by atoms with Crippen molar-refractivity contribution in [3.8, 4) is 0 Å². The summed E-state index contributed by atoms with van der Waals surface area (Å²) in [5, 5.41) is 4.07. The van der Waals surface area contributed by atoms with Crippen molar-refractivity contribution in [3.05, 3.63) is 59.9 Å². The van der Waals surface area contributed by atoms with Gasteiger partial charge in [0.05, 0.1) is 17.4 Å². The minimum Gasteiger partial charge on any atom is -0.399 e. The van der Waals surface area contributed by atoms with E-state index in [-0.39, 0.29) is 5.91 Å². The van der Waals surface area contributed by atoms with Crippen LogP contribution < -0.4 is 10.9 Å². The number of rotatable bonds is 4. The zero-order valence-corrected chi connectivity index (χ0v) is 15.4. The van der Waals surface area contributed by atoms with Crippen LogP contribution >= 0.6 is 0 Å². The molecule has 134 valence electrons.